The van der Waals surface area contributed by atoms with E-state index >= 15 is 0 Å². The SMILES string of the molecule is CSC(=NC(=O)c1scc(C)c1C)c1c(C)cccc1C.Cc1csc(C(=O)Cl)c1C. The lowest BCUT2D eigenvalue weighted by Gasteiger charge is -2.10. The van der Waals surface area contributed by atoms with Crippen LogP contribution in [-0.2, 0) is 0 Å². The highest BCUT2D eigenvalue weighted by Gasteiger charge is 2.16. The third-order valence-corrected chi connectivity index (χ3v) is 8.41. The third kappa shape index (κ3) is 6.16. The van der Waals surface area contributed by atoms with Gasteiger partial charge in [-0.15, -0.1) is 34.4 Å². The third-order valence-electron chi connectivity index (χ3n) is 5.04. The van der Waals surface area contributed by atoms with Crippen LogP contribution in [0.3, 0.4) is 0 Å². The Morgan fingerprint density at radius 1 is 0.839 bits per heavy atom. The first-order valence-corrected chi connectivity index (χ1v) is 13.0. The van der Waals surface area contributed by atoms with E-state index < -0.39 is 0 Å². The molecule has 0 atom stereocenters. The molecule has 3 nitrogen and oxygen atoms in total. The van der Waals surface area contributed by atoms with Gasteiger partial charge in [-0.2, -0.15) is 0 Å². The van der Waals surface area contributed by atoms with E-state index in [1.54, 1.807) is 0 Å². The fourth-order valence-electron chi connectivity index (χ4n) is 2.91. The minimum Gasteiger partial charge on any atom is -0.275 e. The molecule has 1 aromatic carbocycles. The van der Waals surface area contributed by atoms with Crippen LogP contribution in [0, 0.1) is 41.5 Å². The lowest BCUT2D eigenvalue weighted by Crippen LogP contribution is -2.06. The highest BCUT2D eigenvalue weighted by atomic mass is 35.5. The molecule has 164 valence electrons. The number of carbonyl (C=O) groups excluding carboxylic acids is 2. The highest BCUT2D eigenvalue weighted by Crippen LogP contribution is 2.25. The van der Waals surface area contributed by atoms with Crippen LogP contribution in [0.2, 0.25) is 0 Å². The Bertz CT molecular complexity index is 1120. The van der Waals surface area contributed by atoms with Crippen LogP contribution < -0.4 is 0 Å². The number of hydrogen-bond acceptors (Lipinski definition) is 5. The summed E-state index contributed by atoms with van der Waals surface area (Å²) < 4.78 is 0. The van der Waals surface area contributed by atoms with Crippen LogP contribution in [0.4, 0.5) is 0 Å². The van der Waals surface area contributed by atoms with Gasteiger partial charge in [0.15, 0.2) is 0 Å². The molecule has 0 unspecified atom stereocenters. The topological polar surface area (TPSA) is 46.5 Å². The van der Waals surface area contributed by atoms with E-state index in [9.17, 15) is 9.59 Å². The summed E-state index contributed by atoms with van der Waals surface area (Å²) in [6.07, 6.45) is 1.96. The number of rotatable bonds is 3. The van der Waals surface area contributed by atoms with Crippen molar-refractivity contribution in [2.24, 2.45) is 4.99 Å². The molecule has 0 radical (unpaired) electrons. The van der Waals surface area contributed by atoms with Gasteiger partial charge in [0.05, 0.1) is 9.75 Å². The number of hydrogen-bond donors (Lipinski definition) is 0. The molecule has 0 aliphatic heterocycles. The molecule has 2 aromatic heterocycles. The lowest BCUT2D eigenvalue weighted by molar-refractivity contribution is 0.101. The zero-order chi connectivity index (χ0) is 23.3. The monoisotopic (exact) mass is 491 g/mol. The van der Waals surface area contributed by atoms with Gasteiger partial charge in [0.1, 0.15) is 5.04 Å². The van der Waals surface area contributed by atoms with Gasteiger partial charge in [0.25, 0.3) is 11.1 Å². The molecule has 0 fully saturated rings. The number of benzene rings is 1. The molecule has 3 aromatic rings. The standard InChI is InChI=1S/C17H19NOS2.C7H7ClOS/c1-10-7-6-8-11(2)14(10)17(20-5)18-16(19)15-13(4)12(3)9-21-15;1-4-3-10-6(5(4)2)7(8)9/h6-9H,1-5H3;3H,1-2H3. The Kier molecular flexibility index (Phi) is 9.25. The van der Waals surface area contributed by atoms with Crippen molar-refractivity contribution in [1.29, 1.82) is 0 Å². The summed E-state index contributed by atoms with van der Waals surface area (Å²) in [5, 5.41) is 4.39. The number of thioether (sulfide) groups is 1. The number of amides is 1. The predicted molar refractivity (Wildman–Crippen MR) is 138 cm³/mol. The van der Waals surface area contributed by atoms with Gasteiger partial charge >= 0.3 is 0 Å². The van der Waals surface area contributed by atoms with E-state index in [2.05, 4.69) is 31.0 Å². The maximum atomic E-state index is 12.5. The van der Waals surface area contributed by atoms with E-state index in [0.717, 1.165) is 48.9 Å². The van der Waals surface area contributed by atoms with Crippen molar-refractivity contribution < 1.29 is 9.59 Å². The first-order chi connectivity index (χ1) is 14.6. The second-order valence-electron chi connectivity index (χ2n) is 7.21. The number of nitrogens with zero attached hydrogens (tertiary/aromatic N) is 1. The minimum atomic E-state index is -0.351. The zero-order valence-corrected chi connectivity index (χ0v) is 22.0. The second-order valence-corrected chi connectivity index (χ2v) is 10.1. The number of aliphatic imine (C=N–C) groups is 1. The summed E-state index contributed by atoms with van der Waals surface area (Å²) in [5.74, 6) is -0.141. The van der Waals surface area contributed by atoms with Crippen molar-refractivity contribution in [2.75, 3.05) is 6.26 Å². The zero-order valence-electron chi connectivity index (χ0n) is 18.8. The molecule has 0 spiro atoms. The number of halogens is 1. The van der Waals surface area contributed by atoms with Crippen molar-refractivity contribution in [3.63, 3.8) is 0 Å². The van der Waals surface area contributed by atoms with Gasteiger partial charge in [0, 0.05) is 5.56 Å². The Labute approximate surface area is 201 Å². The molecule has 0 N–H and O–H groups in total. The first-order valence-electron chi connectivity index (χ1n) is 9.61. The minimum absolute atomic E-state index is 0.141. The van der Waals surface area contributed by atoms with Gasteiger partial charge in [0.2, 0.25) is 0 Å². The summed E-state index contributed by atoms with van der Waals surface area (Å²) >= 11 is 9.69. The van der Waals surface area contributed by atoms with Crippen molar-refractivity contribution in [3.8, 4) is 0 Å². The van der Waals surface area contributed by atoms with E-state index in [1.165, 1.54) is 34.4 Å². The Morgan fingerprint density at radius 2 is 1.32 bits per heavy atom. The first kappa shape index (κ1) is 25.5. The van der Waals surface area contributed by atoms with Crippen LogP contribution in [0.1, 0.15) is 58.3 Å². The Hall–Kier alpha value is -1.73. The van der Waals surface area contributed by atoms with Crippen LogP contribution in [-0.4, -0.2) is 22.4 Å². The van der Waals surface area contributed by atoms with Crippen LogP contribution in [0.5, 0.6) is 0 Å². The Balaban J connectivity index is 0.000000285. The number of aryl methyl sites for hydroxylation is 4. The van der Waals surface area contributed by atoms with Crippen molar-refractivity contribution in [3.05, 3.63) is 77.7 Å². The lowest BCUT2D eigenvalue weighted by atomic mass is 10.0. The van der Waals surface area contributed by atoms with Gasteiger partial charge in [-0.25, -0.2) is 4.99 Å². The van der Waals surface area contributed by atoms with Gasteiger partial charge in [-0.3, -0.25) is 9.59 Å². The van der Waals surface area contributed by atoms with Gasteiger partial charge in [-0.1, -0.05) is 18.2 Å². The molecular weight excluding hydrogens is 466 g/mol. The molecule has 0 saturated heterocycles. The quantitative estimate of drug-likeness (QED) is 0.214. The fraction of sp³-hybridized carbons (Fsp3) is 0.292. The summed E-state index contributed by atoms with van der Waals surface area (Å²) in [7, 11) is 0. The summed E-state index contributed by atoms with van der Waals surface area (Å²) in [4.78, 5) is 28.9. The predicted octanol–water partition coefficient (Wildman–Crippen LogP) is 7.68. The van der Waals surface area contributed by atoms with E-state index in [1.807, 2.05) is 50.8 Å². The van der Waals surface area contributed by atoms with E-state index in [-0.39, 0.29) is 11.1 Å². The number of thiophene rings is 2. The molecule has 0 bridgehead atoms. The van der Waals surface area contributed by atoms with Crippen LogP contribution >= 0.6 is 46.0 Å². The van der Waals surface area contributed by atoms with Crippen molar-refractivity contribution in [1.82, 2.24) is 0 Å². The molecule has 0 aliphatic rings. The Morgan fingerprint density at radius 3 is 1.68 bits per heavy atom. The molecule has 7 heteroatoms. The molecule has 3 rings (SSSR count). The molecule has 2 heterocycles. The smallest absolute Gasteiger partial charge is 0.275 e. The van der Waals surface area contributed by atoms with Crippen LogP contribution in [0.25, 0.3) is 0 Å². The fourth-order valence-corrected chi connectivity index (χ4v) is 5.74. The summed E-state index contributed by atoms with van der Waals surface area (Å²) in [5.41, 5.74) is 7.69. The average Bonchev–Trinajstić information content (AvgIpc) is 3.23. The van der Waals surface area contributed by atoms with Crippen LogP contribution in [0.15, 0.2) is 34.0 Å². The van der Waals surface area contributed by atoms with Crippen molar-refractivity contribution in [2.45, 2.75) is 41.5 Å². The second kappa shape index (κ2) is 11.2. The summed E-state index contributed by atoms with van der Waals surface area (Å²) in [6.45, 7) is 12.0. The molecular formula is C24H26ClNO2S3. The van der Waals surface area contributed by atoms with E-state index in [0.29, 0.717) is 4.88 Å². The highest BCUT2D eigenvalue weighted by molar-refractivity contribution is 8.13. The molecule has 0 saturated carbocycles. The van der Waals surface area contributed by atoms with Gasteiger partial charge in [-0.05, 0) is 104 Å². The van der Waals surface area contributed by atoms with Crippen molar-refractivity contribution >= 4 is 62.2 Å². The molecule has 31 heavy (non-hydrogen) atoms. The normalized spacial score (nSPS) is 11.2. The van der Waals surface area contributed by atoms with Gasteiger partial charge < -0.3 is 0 Å². The van der Waals surface area contributed by atoms with E-state index in [4.69, 9.17) is 11.6 Å². The maximum Gasteiger partial charge on any atom is 0.288 e. The maximum absolute atomic E-state index is 12.5. The number of carbonyl (C=O) groups is 2. The molecule has 1 amide bonds. The molecule has 0 aliphatic carbocycles. The largest absolute Gasteiger partial charge is 0.288 e. The summed E-state index contributed by atoms with van der Waals surface area (Å²) in [6, 6.07) is 6.14. The average molecular weight is 492 g/mol.